The fraction of sp³-hybridized carbons (Fsp3) is 0.300. The number of nitrogens with one attached hydrogen (secondary N) is 3. The van der Waals surface area contributed by atoms with Gasteiger partial charge in [-0.3, -0.25) is 9.59 Å². The molecule has 0 atom stereocenters. The van der Waals surface area contributed by atoms with Gasteiger partial charge in [0, 0.05) is 12.0 Å². The molecule has 1 aliphatic carbocycles. The topological polar surface area (TPSA) is 164 Å². The standard InChI is InChI=1S/C20H18B3N7O5/c1-34-16-10(19-26-14(8-31)30-35-19)3-2-4-11(16)24-12-7-13(25-17(32)9-5-6-9)28-29-15(12)18(33)27-20(21,22)23/h2-4,7,9,31H,5-6,8H2,1H3,(H,27,33)(H2,24,25,28,32). The highest BCUT2D eigenvalue weighted by Gasteiger charge is 2.30. The zero-order valence-electron chi connectivity index (χ0n) is 18.6. The number of para-hydroxylation sites is 1. The summed E-state index contributed by atoms with van der Waals surface area (Å²) in [5.41, 5.74) is 0.748. The molecule has 3 aromatic rings. The third-order valence-corrected chi connectivity index (χ3v) is 4.87. The molecule has 1 aliphatic rings. The molecule has 12 nitrogen and oxygen atoms in total. The number of aliphatic hydroxyl groups is 1. The predicted octanol–water partition coefficient (Wildman–Crippen LogP) is -0.0338. The number of benzene rings is 1. The third kappa shape index (κ3) is 5.80. The summed E-state index contributed by atoms with van der Waals surface area (Å²) in [6, 6.07) is 6.44. The minimum absolute atomic E-state index is 0.0708. The van der Waals surface area contributed by atoms with Crippen molar-refractivity contribution in [3.05, 3.63) is 35.8 Å². The Morgan fingerprint density at radius 1 is 1.23 bits per heavy atom. The van der Waals surface area contributed by atoms with E-state index in [2.05, 4.69) is 36.3 Å². The van der Waals surface area contributed by atoms with Crippen molar-refractivity contribution in [1.82, 2.24) is 25.7 Å². The van der Waals surface area contributed by atoms with Crippen LogP contribution in [0, 0.1) is 5.92 Å². The predicted molar refractivity (Wildman–Crippen MR) is 126 cm³/mol. The number of nitrogens with zero attached hydrogens (tertiary/aromatic N) is 4. The minimum atomic E-state index is -2.01. The highest BCUT2D eigenvalue weighted by Crippen LogP contribution is 2.38. The molecule has 172 valence electrons. The van der Waals surface area contributed by atoms with Crippen molar-refractivity contribution in [3.8, 4) is 17.2 Å². The Morgan fingerprint density at radius 3 is 2.63 bits per heavy atom. The molecule has 1 aromatic carbocycles. The van der Waals surface area contributed by atoms with Gasteiger partial charge in [-0.05, 0) is 25.0 Å². The van der Waals surface area contributed by atoms with Gasteiger partial charge in [-0.2, -0.15) is 4.98 Å². The van der Waals surface area contributed by atoms with Gasteiger partial charge in [0.15, 0.2) is 23.1 Å². The molecule has 15 heteroatoms. The molecular formula is C20H18B3N7O5. The first-order chi connectivity index (χ1) is 16.7. The molecular weight excluding hydrogens is 451 g/mol. The van der Waals surface area contributed by atoms with E-state index in [1.807, 2.05) is 0 Å². The molecule has 35 heavy (non-hydrogen) atoms. The number of rotatable bonds is 9. The zero-order valence-corrected chi connectivity index (χ0v) is 18.6. The van der Waals surface area contributed by atoms with Crippen LogP contribution in [0.2, 0.25) is 0 Å². The van der Waals surface area contributed by atoms with Gasteiger partial charge in [0.2, 0.25) is 5.91 Å². The normalized spacial score (nSPS) is 13.2. The quantitative estimate of drug-likeness (QED) is 0.313. The number of carbonyl (C=O) groups is 2. The van der Waals surface area contributed by atoms with E-state index in [0.717, 1.165) is 12.8 Å². The van der Waals surface area contributed by atoms with E-state index in [1.165, 1.54) is 13.2 Å². The van der Waals surface area contributed by atoms with Crippen LogP contribution < -0.4 is 20.7 Å². The first-order valence-electron chi connectivity index (χ1n) is 10.4. The lowest BCUT2D eigenvalue weighted by atomic mass is 9.49. The van der Waals surface area contributed by atoms with Gasteiger partial charge in [-0.25, -0.2) is 0 Å². The number of hydrogen-bond donors (Lipinski definition) is 4. The molecule has 4 N–H and O–H groups in total. The van der Waals surface area contributed by atoms with E-state index in [-0.39, 0.29) is 46.5 Å². The average molecular weight is 469 g/mol. The van der Waals surface area contributed by atoms with Crippen LogP contribution in [0.4, 0.5) is 17.2 Å². The molecule has 2 amide bonds. The second-order valence-electron chi connectivity index (χ2n) is 7.83. The van der Waals surface area contributed by atoms with Gasteiger partial charge in [0.1, 0.15) is 6.61 Å². The molecule has 2 heterocycles. The highest BCUT2D eigenvalue weighted by molar-refractivity contribution is 6.60. The average Bonchev–Trinajstić information content (AvgIpc) is 3.55. The summed E-state index contributed by atoms with van der Waals surface area (Å²) in [4.78, 5) is 29.0. The molecule has 2 aromatic heterocycles. The van der Waals surface area contributed by atoms with Crippen LogP contribution >= 0.6 is 0 Å². The number of anilines is 3. The van der Waals surface area contributed by atoms with Gasteiger partial charge in [-0.1, -0.05) is 16.5 Å². The van der Waals surface area contributed by atoms with Gasteiger partial charge >= 0.3 is 0 Å². The van der Waals surface area contributed by atoms with Crippen molar-refractivity contribution < 1.29 is 24.0 Å². The Balaban J connectivity index is 1.72. The van der Waals surface area contributed by atoms with Crippen molar-refractivity contribution >= 4 is 52.5 Å². The summed E-state index contributed by atoms with van der Waals surface area (Å²) < 4.78 is 10.7. The maximum Gasteiger partial charge on any atom is 0.272 e. The first kappa shape index (κ1) is 24.3. The Bertz CT molecular complexity index is 1260. The largest absolute Gasteiger partial charge is 0.494 e. The van der Waals surface area contributed by atoms with Crippen LogP contribution in [0.15, 0.2) is 28.8 Å². The van der Waals surface area contributed by atoms with Crippen LogP contribution in [0.5, 0.6) is 5.75 Å². The van der Waals surface area contributed by atoms with Crippen LogP contribution in [0.25, 0.3) is 11.5 Å². The summed E-state index contributed by atoms with van der Waals surface area (Å²) in [7, 11) is 17.9. The Hall–Kier alpha value is -3.87. The van der Waals surface area contributed by atoms with Crippen molar-refractivity contribution in [2.45, 2.75) is 24.7 Å². The zero-order chi connectivity index (χ0) is 25.2. The fourth-order valence-electron chi connectivity index (χ4n) is 3.14. The van der Waals surface area contributed by atoms with Crippen molar-refractivity contribution in [2.75, 3.05) is 17.7 Å². The second kappa shape index (κ2) is 9.78. The van der Waals surface area contributed by atoms with Crippen LogP contribution in [0.1, 0.15) is 29.2 Å². The minimum Gasteiger partial charge on any atom is -0.494 e. The SMILES string of the molecule is [B]C([B])([B])NC(=O)c1nnc(NC(=O)C2CC2)cc1Nc1cccc(-c2nc(CO)no2)c1OC. The number of hydrogen-bond acceptors (Lipinski definition) is 10. The van der Waals surface area contributed by atoms with E-state index in [4.69, 9.17) is 32.8 Å². The molecule has 1 fully saturated rings. The second-order valence-corrected chi connectivity index (χ2v) is 7.83. The molecule has 0 unspecified atom stereocenters. The Morgan fingerprint density at radius 2 is 2.00 bits per heavy atom. The molecule has 1 saturated carbocycles. The Kier molecular flexibility index (Phi) is 6.78. The number of ether oxygens (including phenoxy) is 1. The smallest absolute Gasteiger partial charge is 0.272 e. The fourth-order valence-corrected chi connectivity index (χ4v) is 3.14. The number of aromatic nitrogens is 4. The van der Waals surface area contributed by atoms with Gasteiger partial charge in [0.05, 0.1) is 47.6 Å². The maximum absolute atomic E-state index is 12.7. The monoisotopic (exact) mass is 469 g/mol. The summed E-state index contributed by atoms with van der Waals surface area (Å²) in [6.07, 6.45) is 1.60. The van der Waals surface area contributed by atoms with Crippen molar-refractivity contribution in [3.63, 3.8) is 0 Å². The number of aliphatic hydroxyl groups excluding tert-OH is 1. The van der Waals surface area contributed by atoms with Gasteiger partial charge in [-0.15, -0.1) is 10.2 Å². The van der Waals surface area contributed by atoms with Gasteiger partial charge < -0.3 is 30.3 Å². The molecule has 0 spiro atoms. The molecule has 0 bridgehead atoms. The summed E-state index contributed by atoms with van der Waals surface area (Å²) in [5.74, 6) is -0.452. The summed E-state index contributed by atoms with van der Waals surface area (Å²) in [6.45, 7) is -0.398. The molecule has 4 rings (SSSR count). The molecule has 6 radical (unpaired) electrons. The lowest BCUT2D eigenvalue weighted by molar-refractivity contribution is -0.117. The van der Waals surface area contributed by atoms with E-state index < -0.39 is 17.8 Å². The third-order valence-electron chi connectivity index (χ3n) is 4.87. The maximum atomic E-state index is 12.7. The van der Waals surface area contributed by atoms with E-state index >= 15 is 0 Å². The number of carbonyl (C=O) groups excluding carboxylic acids is 2. The van der Waals surface area contributed by atoms with Gasteiger partial charge in [0.25, 0.3) is 11.8 Å². The molecule has 0 aliphatic heterocycles. The summed E-state index contributed by atoms with van der Waals surface area (Å²) in [5, 5.41) is 26.7. The van der Waals surface area contributed by atoms with Crippen LogP contribution in [-0.2, 0) is 11.4 Å². The highest BCUT2D eigenvalue weighted by atomic mass is 16.5. The lowest BCUT2D eigenvalue weighted by Gasteiger charge is -2.23. The summed E-state index contributed by atoms with van der Waals surface area (Å²) >= 11 is 0. The number of amides is 2. The van der Waals surface area contributed by atoms with Crippen molar-refractivity contribution in [2.24, 2.45) is 5.92 Å². The first-order valence-corrected chi connectivity index (χ1v) is 10.4. The van der Waals surface area contributed by atoms with Crippen LogP contribution in [-0.4, -0.2) is 73.1 Å². The number of methoxy groups -OCH3 is 1. The van der Waals surface area contributed by atoms with Crippen LogP contribution in [0.3, 0.4) is 0 Å². The van der Waals surface area contributed by atoms with E-state index in [9.17, 15) is 14.7 Å². The van der Waals surface area contributed by atoms with Crippen molar-refractivity contribution in [1.29, 1.82) is 0 Å². The van der Waals surface area contributed by atoms with E-state index in [1.54, 1.807) is 18.2 Å². The lowest BCUT2D eigenvalue weighted by Crippen LogP contribution is -2.50. The molecule has 0 saturated heterocycles. The van der Waals surface area contributed by atoms with E-state index in [0.29, 0.717) is 11.3 Å². The Labute approximate surface area is 203 Å².